The largest absolute Gasteiger partial charge is 0.700 e. The van der Waals surface area contributed by atoms with Gasteiger partial charge < -0.3 is 4.42 Å². The van der Waals surface area contributed by atoms with E-state index in [1.54, 1.807) is 0 Å². The van der Waals surface area contributed by atoms with E-state index in [9.17, 15) is 76.1 Å². The van der Waals surface area contributed by atoms with Gasteiger partial charge in [0.2, 0.25) is 5.89 Å². The molecule has 0 fully saturated rings. The van der Waals surface area contributed by atoms with Crippen LogP contribution in [0, 0.1) is 30.3 Å². The molecule has 0 unspecified atom stereocenters. The number of halogens is 11. The average molecular weight is 523 g/mol. The molecule has 0 aliphatic heterocycles. The zero-order chi connectivity index (χ0) is 25.8. The van der Waals surface area contributed by atoms with Crippen LogP contribution in [0.15, 0.2) is 4.42 Å². The fourth-order valence-corrected chi connectivity index (χ4v) is 2.40. The number of nitrogens with zero attached hydrogens (tertiary/aromatic N) is 5. The first-order valence-electron chi connectivity index (χ1n) is 6.89. The van der Waals surface area contributed by atoms with Crippen molar-refractivity contribution in [3.05, 3.63) is 42.1 Å². The van der Waals surface area contributed by atoms with E-state index in [4.69, 9.17) is 0 Å². The van der Waals surface area contributed by atoms with Gasteiger partial charge in [-0.1, -0.05) is 19.4 Å². The van der Waals surface area contributed by atoms with Gasteiger partial charge in [0.05, 0.1) is 0 Å². The molecule has 0 saturated carbocycles. The predicted octanol–water partition coefficient (Wildman–Crippen LogP) is 4.10. The summed E-state index contributed by atoms with van der Waals surface area (Å²) >= 11 is 0. The van der Waals surface area contributed by atoms with Crippen molar-refractivity contribution in [2.75, 3.05) is 0 Å². The van der Waals surface area contributed by atoms with Gasteiger partial charge in [-0.15, -0.1) is 10.2 Å². The third-order valence-corrected chi connectivity index (χ3v) is 4.76. The number of nitro groups is 3. The third kappa shape index (κ3) is 3.81. The van der Waals surface area contributed by atoms with Crippen LogP contribution in [-0.4, -0.2) is 41.9 Å². The first kappa shape index (κ1) is 27.0. The molecule has 0 atom stereocenters. The summed E-state index contributed by atoms with van der Waals surface area (Å²) in [7, 11) is -12.6. The van der Waals surface area contributed by atoms with Crippen molar-refractivity contribution in [3.8, 4) is 0 Å². The maximum atomic E-state index is 13.6. The zero-order valence-electron chi connectivity index (χ0n) is 14.1. The lowest BCUT2D eigenvalue weighted by atomic mass is 10.1. The zero-order valence-corrected chi connectivity index (χ0v) is 14.9. The van der Waals surface area contributed by atoms with Crippen molar-refractivity contribution in [1.29, 1.82) is 0 Å². The first-order valence-corrected chi connectivity index (χ1v) is 8.84. The van der Waals surface area contributed by atoms with Gasteiger partial charge in [-0.05, 0) is 0 Å². The van der Waals surface area contributed by atoms with Crippen LogP contribution in [0.3, 0.4) is 0 Å². The van der Waals surface area contributed by atoms with E-state index in [1.807, 2.05) is 5.10 Å². The van der Waals surface area contributed by atoms with Crippen LogP contribution in [0.2, 0.25) is 0 Å². The van der Waals surface area contributed by atoms with Crippen molar-refractivity contribution in [2.45, 2.75) is 35.7 Å². The summed E-state index contributed by atoms with van der Waals surface area (Å²) in [6, 6.07) is 0. The standard InChI is InChI=1S/C8H4F11N5O7S/c9-6(10,7(11,12)8(13,14)32(15,16,17,18)19)4-21-20-3(31-4)1-2-5(22(25)26,23(27)28)24(29)30/h1-2H2. The van der Waals surface area contributed by atoms with Gasteiger partial charge >= 0.3 is 33.1 Å². The fourth-order valence-electron chi connectivity index (χ4n) is 1.79. The summed E-state index contributed by atoms with van der Waals surface area (Å²) in [6.07, 6.45) is -3.51. The van der Waals surface area contributed by atoms with Crippen LogP contribution in [0.5, 0.6) is 0 Å². The lowest BCUT2D eigenvalue weighted by Gasteiger charge is -2.48. The number of hydrogen-bond donors (Lipinski definition) is 0. The smallest absolute Gasteiger partial charge is 0.419 e. The van der Waals surface area contributed by atoms with E-state index in [0.717, 1.165) is 0 Å². The number of aryl methyl sites for hydroxylation is 1. The van der Waals surface area contributed by atoms with Gasteiger partial charge in [0.25, 0.3) is 5.89 Å². The molecule has 0 aliphatic carbocycles. The van der Waals surface area contributed by atoms with E-state index in [1.165, 1.54) is 0 Å². The quantitative estimate of drug-likeness (QED) is 0.190. The minimum atomic E-state index is -12.6. The van der Waals surface area contributed by atoms with Gasteiger partial charge in [0.1, 0.15) is 0 Å². The minimum Gasteiger partial charge on any atom is -0.419 e. The molecule has 1 aromatic heterocycles. The molecule has 1 heterocycles. The lowest BCUT2D eigenvalue weighted by molar-refractivity contribution is -0.970. The molecule has 0 saturated heterocycles. The van der Waals surface area contributed by atoms with Crippen LogP contribution < -0.4 is 0 Å². The highest BCUT2D eigenvalue weighted by Crippen LogP contribution is 3.06. The van der Waals surface area contributed by atoms with Gasteiger partial charge in [-0.2, -0.15) is 26.3 Å². The van der Waals surface area contributed by atoms with Crippen molar-refractivity contribution in [3.63, 3.8) is 0 Å². The summed E-state index contributed by atoms with van der Waals surface area (Å²) in [5.74, 6) is -23.9. The van der Waals surface area contributed by atoms with Crippen molar-refractivity contribution >= 4 is 10.2 Å². The van der Waals surface area contributed by atoms with Gasteiger partial charge in [-0.25, -0.2) is 0 Å². The molecule has 0 bridgehead atoms. The molecule has 24 heteroatoms. The Morgan fingerprint density at radius 2 is 1.22 bits per heavy atom. The molecule has 0 N–H and O–H groups in total. The second kappa shape index (κ2) is 6.47. The van der Waals surface area contributed by atoms with Gasteiger partial charge in [0.15, 0.2) is 21.2 Å². The van der Waals surface area contributed by atoms with E-state index in [0.29, 0.717) is 0 Å². The Hall–Kier alpha value is -3.08. The second-order valence-corrected chi connectivity index (χ2v) is 8.13. The summed E-state index contributed by atoms with van der Waals surface area (Å²) in [5, 5.41) is 27.7. The highest BCUT2D eigenvalue weighted by Gasteiger charge is 2.96. The number of aromatic nitrogens is 2. The monoisotopic (exact) mass is 523 g/mol. The van der Waals surface area contributed by atoms with E-state index >= 15 is 0 Å². The van der Waals surface area contributed by atoms with E-state index < -0.39 is 72.5 Å². The third-order valence-electron chi connectivity index (χ3n) is 3.53. The topological polar surface area (TPSA) is 168 Å². The van der Waals surface area contributed by atoms with E-state index in [2.05, 4.69) is 9.52 Å². The molecule has 0 radical (unpaired) electrons. The van der Waals surface area contributed by atoms with Crippen molar-refractivity contribution in [2.24, 2.45) is 0 Å². The number of rotatable bonds is 10. The molecular weight excluding hydrogens is 519 g/mol. The number of alkyl halides is 6. The Morgan fingerprint density at radius 3 is 1.56 bits per heavy atom. The van der Waals surface area contributed by atoms with Gasteiger partial charge in [0, 0.05) is 6.42 Å². The molecule has 32 heavy (non-hydrogen) atoms. The molecule has 1 aromatic rings. The van der Waals surface area contributed by atoms with Crippen LogP contribution >= 0.6 is 10.2 Å². The molecule has 12 nitrogen and oxygen atoms in total. The highest BCUT2D eigenvalue weighted by atomic mass is 32.5. The fraction of sp³-hybridized carbons (Fsp3) is 0.750. The lowest BCUT2D eigenvalue weighted by Crippen LogP contribution is -2.57. The summed E-state index contributed by atoms with van der Waals surface area (Å²) < 4.78 is 144. The summed E-state index contributed by atoms with van der Waals surface area (Å²) in [4.78, 5) is 25.8. The van der Waals surface area contributed by atoms with E-state index in [-0.39, 0.29) is 0 Å². The maximum absolute atomic E-state index is 13.6. The Kier molecular flexibility index (Phi) is 5.45. The number of hydrogen-bond acceptors (Lipinski definition) is 9. The van der Waals surface area contributed by atoms with Crippen LogP contribution in [0.4, 0.5) is 45.8 Å². The SMILES string of the molecule is O=[N+]([O-])C(CCc1nnc(C(F)(F)C(F)(F)C(F)(F)S(F)(F)(F)(F)F)o1)([N+](=O)[O-])[N+](=O)[O-]. The Balaban J connectivity index is 3.38. The predicted molar refractivity (Wildman–Crippen MR) is 73.3 cm³/mol. The van der Waals surface area contributed by atoms with Crippen LogP contribution in [0.1, 0.15) is 18.2 Å². The van der Waals surface area contributed by atoms with Crippen LogP contribution in [-0.2, 0) is 12.3 Å². The molecule has 186 valence electrons. The Labute approximate surface area is 164 Å². The normalized spacial score (nSPS) is 16.2. The molecule has 0 spiro atoms. The Morgan fingerprint density at radius 1 is 0.812 bits per heavy atom. The van der Waals surface area contributed by atoms with Crippen molar-refractivity contribution in [1.82, 2.24) is 10.2 Å². The molecule has 0 aliphatic rings. The average Bonchev–Trinajstić information content (AvgIpc) is 3.01. The highest BCUT2D eigenvalue weighted by molar-refractivity contribution is 8.46. The Bertz CT molecular complexity index is 928. The van der Waals surface area contributed by atoms with Crippen LogP contribution in [0.25, 0.3) is 0 Å². The van der Waals surface area contributed by atoms with Crippen molar-refractivity contribution < 1.29 is 65.0 Å². The maximum Gasteiger partial charge on any atom is 0.700 e. The first-order chi connectivity index (χ1) is 13.8. The molecule has 1 rings (SSSR count). The molecule has 0 amide bonds. The van der Waals surface area contributed by atoms with Gasteiger partial charge in [-0.3, -0.25) is 30.3 Å². The second-order valence-electron chi connectivity index (χ2n) is 5.68. The minimum absolute atomic E-state index is 1.62. The molecular formula is C8H4F11N5O7S. The molecule has 0 aromatic carbocycles. The summed E-state index contributed by atoms with van der Waals surface area (Å²) in [5.41, 5.74) is 0. The summed E-state index contributed by atoms with van der Waals surface area (Å²) in [6.45, 7) is 0.